The number of fused-ring (bicyclic) bond motifs is 2. The fourth-order valence-corrected chi connectivity index (χ4v) is 3.93. The summed E-state index contributed by atoms with van der Waals surface area (Å²) in [6.07, 6.45) is 4.35. The normalized spacial score (nSPS) is 14.1. The number of imidazole rings is 1. The molecule has 8 heteroatoms. The monoisotopic (exact) mass is 403 g/mol. The molecule has 5 rings (SSSR count). The van der Waals surface area contributed by atoms with Gasteiger partial charge in [-0.05, 0) is 31.9 Å². The molecule has 1 N–H and O–H groups in total. The topological polar surface area (TPSA) is 80.5 Å². The minimum absolute atomic E-state index is 0.621. The zero-order valence-electron chi connectivity index (χ0n) is 17.3. The SMILES string of the molecule is COCCNc1cc(N2CCCC2)nn2cc(-c3nc4ccccc4nc3C)nc12. The van der Waals surface area contributed by atoms with Crippen LogP contribution in [-0.2, 0) is 4.74 Å². The third kappa shape index (κ3) is 3.43. The first-order valence-electron chi connectivity index (χ1n) is 10.3. The Kier molecular flexibility index (Phi) is 4.92. The predicted molar refractivity (Wildman–Crippen MR) is 118 cm³/mol. The maximum atomic E-state index is 5.20. The van der Waals surface area contributed by atoms with E-state index >= 15 is 0 Å². The van der Waals surface area contributed by atoms with E-state index in [1.54, 1.807) is 7.11 Å². The van der Waals surface area contributed by atoms with Crippen LogP contribution < -0.4 is 10.2 Å². The molecule has 1 saturated heterocycles. The van der Waals surface area contributed by atoms with Crippen LogP contribution in [0.25, 0.3) is 28.1 Å². The van der Waals surface area contributed by atoms with Crippen molar-refractivity contribution in [1.82, 2.24) is 24.6 Å². The zero-order valence-corrected chi connectivity index (χ0v) is 17.3. The molecule has 0 saturated carbocycles. The molecular weight excluding hydrogens is 378 g/mol. The van der Waals surface area contributed by atoms with Gasteiger partial charge in [0, 0.05) is 32.8 Å². The van der Waals surface area contributed by atoms with Crippen LogP contribution in [0, 0.1) is 6.92 Å². The van der Waals surface area contributed by atoms with Crippen molar-refractivity contribution in [2.24, 2.45) is 0 Å². The molecule has 0 atom stereocenters. The minimum atomic E-state index is 0.621. The first kappa shape index (κ1) is 18.7. The molecule has 4 aromatic rings. The Morgan fingerprint density at radius 3 is 2.60 bits per heavy atom. The van der Waals surface area contributed by atoms with Gasteiger partial charge in [0.1, 0.15) is 11.4 Å². The lowest BCUT2D eigenvalue weighted by atomic mass is 10.2. The standard InChI is InChI=1S/C22H25N7O/c1-15-21(25-17-8-4-3-7-16(17)24-15)19-14-29-22(26-19)18(23-9-12-30-2)13-20(27-29)28-10-5-6-11-28/h3-4,7-8,13-14,23H,5-6,9-12H2,1-2H3. The largest absolute Gasteiger partial charge is 0.383 e. The third-order valence-electron chi connectivity index (χ3n) is 5.45. The van der Waals surface area contributed by atoms with Crippen molar-refractivity contribution in [2.75, 3.05) is 43.6 Å². The predicted octanol–water partition coefficient (Wildman–Crippen LogP) is 3.31. The van der Waals surface area contributed by atoms with E-state index in [-0.39, 0.29) is 0 Å². The second-order valence-corrected chi connectivity index (χ2v) is 7.57. The number of nitrogens with one attached hydrogen (secondary N) is 1. The number of anilines is 2. The van der Waals surface area contributed by atoms with Crippen molar-refractivity contribution < 1.29 is 4.74 Å². The van der Waals surface area contributed by atoms with Gasteiger partial charge in [0.2, 0.25) is 0 Å². The first-order chi connectivity index (χ1) is 14.7. The second kappa shape index (κ2) is 7.87. The van der Waals surface area contributed by atoms with Crippen LogP contribution in [0.2, 0.25) is 0 Å². The quantitative estimate of drug-likeness (QED) is 0.495. The maximum absolute atomic E-state index is 5.20. The third-order valence-corrected chi connectivity index (χ3v) is 5.45. The Balaban J connectivity index is 1.61. The van der Waals surface area contributed by atoms with Crippen LogP contribution in [0.1, 0.15) is 18.5 Å². The summed E-state index contributed by atoms with van der Waals surface area (Å²) in [6, 6.07) is 9.99. The Morgan fingerprint density at radius 2 is 1.83 bits per heavy atom. The molecule has 0 spiro atoms. The summed E-state index contributed by atoms with van der Waals surface area (Å²) < 4.78 is 7.06. The van der Waals surface area contributed by atoms with Gasteiger partial charge in [0.15, 0.2) is 11.5 Å². The molecular formula is C22H25N7O. The molecule has 30 heavy (non-hydrogen) atoms. The van der Waals surface area contributed by atoms with Crippen LogP contribution in [-0.4, -0.2) is 57.9 Å². The highest BCUT2D eigenvalue weighted by Crippen LogP contribution is 2.28. The Morgan fingerprint density at radius 1 is 1.07 bits per heavy atom. The molecule has 0 unspecified atom stereocenters. The number of aromatic nitrogens is 5. The molecule has 1 aromatic carbocycles. The lowest BCUT2D eigenvalue weighted by Crippen LogP contribution is -2.20. The molecule has 3 aromatic heterocycles. The lowest BCUT2D eigenvalue weighted by Gasteiger charge is -2.18. The average Bonchev–Trinajstić information content (AvgIpc) is 3.43. The highest BCUT2D eigenvalue weighted by atomic mass is 16.5. The van der Waals surface area contributed by atoms with Gasteiger partial charge in [-0.2, -0.15) is 0 Å². The Bertz CT molecular complexity index is 1200. The number of benzene rings is 1. The van der Waals surface area contributed by atoms with Crippen molar-refractivity contribution in [1.29, 1.82) is 0 Å². The van der Waals surface area contributed by atoms with Gasteiger partial charge < -0.3 is 15.0 Å². The molecule has 1 fully saturated rings. The lowest BCUT2D eigenvalue weighted by molar-refractivity contribution is 0.211. The number of hydrogen-bond donors (Lipinski definition) is 1. The summed E-state index contributed by atoms with van der Waals surface area (Å²) in [4.78, 5) is 16.7. The van der Waals surface area contributed by atoms with Crippen molar-refractivity contribution in [3.8, 4) is 11.4 Å². The van der Waals surface area contributed by atoms with Crippen molar-refractivity contribution in [2.45, 2.75) is 19.8 Å². The van der Waals surface area contributed by atoms with E-state index in [1.807, 2.05) is 41.9 Å². The van der Waals surface area contributed by atoms with Gasteiger partial charge >= 0.3 is 0 Å². The summed E-state index contributed by atoms with van der Waals surface area (Å²) >= 11 is 0. The van der Waals surface area contributed by atoms with E-state index < -0.39 is 0 Å². The van der Waals surface area contributed by atoms with Gasteiger partial charge in [0.05, 0.1) is 35.2 Å². The molecule has 0 aliphatic carbocycles. The Hall–Kier alpha value is -3.26. The molecule has 0 amide bonds. The number of methoxy groups -OCH3 is 1. The average molecular weight is 403 g/mol. The van der Waals surface area contributed by atoms with E-state index in [0.717, 1.165) is 58.4 Å². The Labute approximate surface area is 174 Å². The number of ether oxygens (including phenoxy) is 1. The van der Waals surface area contributed by atoms with Crippen molar-refractivity contribution in [3.05, 3.63) is 42.2 Å². The fraction of sp³-hybridized carbons (Fsp3) is 0.364. The summed E-state index contributed by atoms with van der Waals surface area (Å²) in [5.74, 6) is 0.963. The number of nitrogens with zero attached hydrogens (tertiary/aromatic N) is 6. The van der Waals surface area contributed by atoms with Gasteiger partial charge in [-0.1, -0.05) is 12.1 Å². The van der Waals surface area contributed by atoms with Gasteiger partial charge in [-0.25, -0.2) is 19.5 Å². The van der Waals surface area contributed by atoms with Crippen LogP contribution in [0.3, 0.4) is 0 Å². The fourth-order valence-electron chi connectivity index (χ4n) is 3.93. The smallest absolute Gasteiger partial charge is 0.177 e. The number of aryl methyl sites for hydroxylation is 1. The minimum Gasteiger partial charge on any atom is -0.383 e. The van der Waals surface area contributed by atoms with E-state index in [4.69, 9.17) is 24.8 Å². The molecule has 0 bridgehead atoms. The summed E-state index contributed by atoms with van der Waals surface area (Å²) in [5.41, 5.74) is 5.88. The van der Waals surface area contributed by atoms with E-state index in [1.165, 1.54) is 12.8 Å². The van der Waals surface area contributed by atoms with Gasteiger partial charge in [-0.15, -0.1) is 5.10 Å². The summed E-state index contributed by atoms with van der Waals surface area (Å²) in [7, 11) is 1.70. The maximum Gasteiger partial charge on any atom is 0.177 e. The molecule has 4 heterocycles. The van der Waals surface area contributed by atoms with Crippen LogP contribution >= 0.6 is 0 Å². The molecule has 154 valence electrons. The highest BCUT2D eigenvalue weighted by Gasteiger charge is 2.19. The number of hydrogen-bond acceptors (Lipinski definition) is 7. The van der Waals surface area contributed by atoms with Gasteiger partial charge in [0.25, 0.3) is 0 Å². The van der Waals surface area contributed by atoms with E-state index in [2.05, 4.69) is 16.3 Å². The van der Waals surface area contributed by atoms with Crippen LogP contribution in [0.4, 0.5) is 11.5 Å². The van der Waals surface area contributed by atoms with Crippen molar-refractivity contribution >= 4 is 28.2 Å². The first-order valence-corrected chi connectivity index (χ1v) is 10.3. The van der Waals surface area contributed by atoms with E-state index in [9.17, 15) is 0 Å². The van der Waals surface area contributed by atoms with Gasteiger partial charge in [-0.3, -0.25) is 0 Å². The van der Waals surface area contributed by atoms with Crippen LogP contribution in [0.5, 0.6) is 0 Å². The molecule has 1 aliphatic heterocycles. The molecule has 8 nitrogen and oxygen atoms in total. The number of rotatable bonds is 6. The number of para-hydroxylation sites is 2. The van der Waals surface area contributed by atoms with E-state index in [0.29, 0.717) is 13.2 Å². The van der Waals surface area contributed by atoms with Crippen LogP contribution in [0.15, 0.2) is 36.5 Å². The van der Waals surface area contributed by atoms with Crippen molar-refractivity contribution in [3.63, 3.8) is 0 Å². The second-order valence-electron chi connectivity index (χ2n) is 7.57. The molecule has 1 aliphatic rings. The molecule has 0 radical (unpaired) electrons. The summed E-state index contributed by atoms with van der Waals surface area (Å²) in [5, 5.41) is 8.30. The zero-order chi connectivity index (χ0) is 20.5. The summed E-state index contributed by atoms with van der Waals surface area (Å²) in [6.45, 7) is 5.36. The highest BCUT2D eigenvalue weighted by molar-refractivity contribution is 5.79.